The molecular formula is C17H15N5O3S2. The summed E-state index contributed by atoms with van der Waals surface area (Å²) in [5.41, 5.74) is 8.46. The zero-order valence-electron chi connectivity index (χ0n) is 14.2. The van der Waals surface area contributed by atoms with Gasteiger partial charge in [-0.3, -0.25) is 10.2 Å². The van der Waals surface area contributed by atoms with E-state index in [1.165, 1.54) is 18.4 Å². The summed E-state index contributed by atoms with van der Waals surface area (Å²) in [4.78, 5) is 16.6. The van der Waals surface area contributed by atoms with Crippen molar-refractivity contribution in [3.05, 3.63) is 53.0 Å². The third-order valence-electron chi connectivity index (χ3n) is 4.12. The van der Waals surface area contributed by atoms with Crippen molar-refractivity contribution in [2.45, 2.75) is 5.75 Å². The molecule has 138 valence electrons. The van der Waals surface area contributed by atoms with E-state index < -0.39 is 10.0 Å². The molecule has 2 aromatic carbocycles. The predicted molar refractivity (Wildman–Crippen MR) is 107 cm³/mol. The number of benzene rings is 2. The molecule has 0 fully saturated rings. The van der Waals surface area contributed by atoms with Gasteiger partial charge in [0.15, 0.2) is 5.71 Å². The Hall–Kier alpha value is -2.82. The van der Waals surface area contributed by atoms with E-state index in [1.807, 2.05) is 12.1 Å². The average Bonchev–Trinajstić information content (AvgIpc) is 3.24. The Morgan fingerprint density at radius 3 is 2.70 bits per heavy atom. The standard InChI is InChI=1S/C17H15N5O3S2/c1-18-27(24,25)8-10-2-4-11(5-3-10)21-22-15-14-12(20-17(15)23)6-7-13-16(14)26-9-19-13/h2-7,9,18,21H,8H2,1H3,(H,20,22,23). The number of carbonyl (C=O) groups excluding carboxylic acids is 1. The smallest absolute Gasteiger partial charge is 0.276 e. The van der Waals surface area contributed by atoms with E-state index in [1.54, 1.807) is 29.8 Å². The number of nitrogens with zero attached hydrogens (tertiary/aromatic N) is 2. The molecule has 0 atom stereocenters. The van der Waals surface area contributed by atoms with Gasteiger partial charge in [0.05, 0.1) is 38.4 Å². The lowest BCUT2D eigenvalue weighted by atomic mass is 10.1. The van der Waals surface area contributed by atoms with Crippen LogP contribution in [0.2, 0.25) is 0 Å². The summed E-state index contributed by atoms with van der Waals surface area (Å²) < 4.78 is 26.4. The van der Waals surface area contributed by atoms with E-state index >= 15 is 0 Å². The SMILES string of the molecule is CNS(=O)(=O)Cc1ccc(N/N=C2\C(=O)Nc3ccc4ncsc4c32)cc1. The van der Waals surface area contributed by atoms with Crippen molar-refractivity contribution < 1.29 is 13.2 Å². The molecule has 1 aliphatic heterocycles. The second kappa shape index (κ2) is 6.72. The van der Waals surface area contributed by atoms with Gasteiger partial charge < -0.3 is 5.32 Å². The van der Waals surface area contributed by atoms with E-state index in [2.05, 4.69) is 25.6 Å². The fourth-order valence-electron chi connectivity index (χ4n) is 2.76. The maximum atomic E-state index is 12.3. The van der Waals surface area contributed by atoms with E-state index in [-0.39, 0.29) is 11.7 Å². The molecule has 27 heavy (non-hydrogen) atoms. The Morgan fingerprint density at radius 1 is 1.19 bits per heavy atom. The summed E-state index contributed by atoms with van der Waals surface area (Å²) in [5.74, 6) is -0.382. The van der Waals surface area contributed by atoms with Gasteiger partial charge in [-0.2, -0.15) is 5.10 Å². The Morgan fingerprint density at radius 2 is 1.96 bits per heavy atom. The molecule has 3 N–H and O–H groups in total. The van der Waals surface area contributed by atoms with Crippen LogP contribution in [0.4, 0.5) is 11.4 Å². The number of hydrogen-bond acceptors (Lipinski definition) is 7. The van der Waals surface area contributed by atoms with Crippen molar-refractivity contribution in [2.24, 2.45) is 5.10 Å². The number of rotatable bonds is 5. The van der Waals surface area contributed by atoms with Crippen LogP contribution in [0.5, 0.6) is 0 Å². The highest BCUT2D eigenvalue weighted by Gasteiger charge is 2.29. The lowest BCUT2D eigenvalue weighted by Gasteiger charge is -2.05. The Balaban J connectivity index is 1.59. The van der Waals surface area contributed by atoms with Gasteiger partial charge in [0, 0.05) is 0 Å². The molecule has 1 amide bonds. The molecule has 0 radical (unpaired) electrons. The monoisotopic (exact) mass is 401 g/mol. The van der Waals surface area contributed by atoms with E-state index in [0.717, 1.165) is 15.8 Å². The number of amides is 1. The van der Waals surface area contributed by atoms with E-state index in [9.17, 15) is 13.2 Å². The molecule has 2 heterocycles. The zero-order valence-corrected chi connectivity index (χ0v) is 15.8. The van der Waals surface area contributed by atoms with E-state index in [4.69, 9.17) is 0 Å². The van der Waals surface area contributed by atoms with Crippen molar-refractivity contribution in [2.75, 3.05) is 17.8 Å². The maximum absolute atomic E-state index is 12.3. The average molecular weight is 401 g/mol. The lowest BCUT2D eigenvalue weighted by Crippen LogP contribution is -2.20. The first-order valence-electron chi connectivity index (χ1n) is 7.98. The van der Waals surface area contributed by atoms with Gasteiger partial charge in [-0.1, -0.05) is 12.1 Å². The highest BCUT2D eigenvalue weighted by atomic mass is 32.2. The van der Waals surface area contributed by atoms with Crippen LogP contribution < -0.4 is 15.5 Å². The molecule has 1 aromatic heterocycles. The number of aromatic nitrogens is 1. The number of sulfonamides is 1. The van der Waals surface area contributed by atoms with Crippen LogP contribution in [-0.2, 0) is 20.6 Å². The first-order chi connectivity index (χ1) is 13.0. The normalized spacial score (nSPS) is 15.1. The minimum absolute atomic E-state index is 0.0998. The number of nitrogens with one attached hydrogen (secondary N) is 3. The Kier molecular flexibility index (Phi) is 4.38. The van der Waals surface area contributed by atoms with Crippen LogP contribution in [0.25, 0.3) is 10.2 Å². The quantitative estimate of drug-likeness (QED) is 0.567. The van der Waals surface area contributed by atoms with Gasteiger partial charge in [-0.25, -0.2) is 18.1 Å². The molecule has 0 aliphatic carbocycles. The second-order valence-corrected chi connectivity index (χ2v) is 8.66. The zero-order chi connectivity index (χ0) is 19.0. The van der Waals surface area contributed by atoms with Gasteiger partial charge in [0.1, 0.15) is 0 Å². The molecule has 8 nitrogen and oxygen atoms in total. The molecule has 0 saturated carbocycles. The molecule has 0 bridgehead atoms. The summed E-state index contributed by atoms with van der Waals surface area (Å²) in [5, 5.41) is 7.07. The van der Waals surface area contributed by atoms with Crippen molar-refractivity contribution >= 4 is 54.6 Å². The number of carbonyl (C=O) groups is 1. The Bertz CT molecular complexity index is 1170. The second-order valence-electron chi connectivity index (χ2n) is 5.88. The summed E-state index contributed by atoms with van der Waals surface area (Å²) in [6, 6.07) is 10.5. The third-order valence-corrected chi connectivity index (χ3v) is 6.31. The van der Waals surface area contributed by atoms with Crippen LogP contribution in [0.15, 0.2) is 47.0 Å². The van der Waals surface area contributed by atoms with Crippen LogP contribution in [-0.4, -0.2) is 32.1 Å². The van der Waals surface area contributed by atoms with Crippen LogP contribution >= 0.6 is 11.3 Å². The summed E-state index contributed by atoms with van der Waals surface area (Å²) in [6.45, 7) is 0. The topological polar surface area (TPSA) is 113 Å². The molecule has 0 spiro atoms. The number of anilines is 2. The van der Waals surface area contributed by atoms with Crippen molar-refractivity contribution in [3.63, 3.8) is 0 Å². The molecule has 0 saturated heterocycles. The van der Waals surface area contributed by atoms with Gasteiger partial charge >= 0.3 is 0 Å². The van der Waals surface area contributed by atoms with Gasteiger partial charge in [0.25, 0.3) is 5.91 Å². The van der Waals surface area contributed by atoms with Gasteiger partial charge in [0.2, 0.25) is 10.0 Å². The lowest BCUT2D eigenvalue weighted by molar-refractivity contribution is -0.110. The fraction of sp³-hybridized carbons (Fsp3) is 0.118. The third kappa shape index (κ3) is 3.42. The molecule has 3 aromatic rings. The van der Waals surface area contributed by atoms with E-state index in [0.29, 0.717) is 22.6 Å². The first kappa shape index (κ1) is 17.6. The highest BCUT2D eigenvalue weighted by molar-refractivity contribution is 7.88. The number of hydrogen-bond donors (Lipinski definition) is 3. The van der Waals surface area contributed by atoms with Crippen LogP contribution in [0, 0.1) is 0 Å². The number of hydrazone groups is 1. The van der Waals surface area contributed by atoms with Gasteiger partial charge in [-0.15, -0.1) is 11.3 Å². The van der Waals surface area contributed by atoms with Crippen molar-refractivity contribution in [1.82, 2.24) is 9.71 Å². The summed E-state index contributed by atoms with van der Waals surface area (Å²) in [7, 11) is -1.94. The summed E-state index contributed by atoms with van der Waals surface area (Å²) >= 11 is 1.45. The minimum atomic E-state index is -3.32. The van der Waals surface area contributed by atoms with Crippen LogP contribution in [0.3, 0.4) is 0 Å². The number of fused-ring (bicyclic) bond motifs is 3. The Labute approximate surface area is 159 Å². The van der Waals surface area contributed by atoms with Crippen LogP contribution in [0.1, 0.15) is 11.1 Å². The molecule has 1 aliphatic rings. The molecule has 4 rings (SSSR count). The van der Waals surface area contributed by atoms with Crippen molar-refractivity contribution in [1.29, 1.82) is 0 Å². The molecule has 10 heteroatoms. The minimum Gasteiger partial charge on any atom is -0.320 e. The largest absolute Gasteiger partial charge is 0.320 e. The number of thiazole rings is 1. The van der Waals surface area contributed by atoms with Gasteiger partial charge in [-0.05, 0) is 36.9 Å². The first-order valence-corrected chi connectivity index (χ1v) is 10.5. The molecular weight excluding hydrogens is 386 g/mol. The highest BCUT2D eigenvalue weighted by Crippen LogP contribution is 2.33. The predicted octanol–water partition coefficient (Wildman–Crippen LogP) is 2.11. The summed E-state index contributed by atoms with van der Waals surface area (Å²) in [6.07, 6.45) is 0. The van der Waals surface area contributed by atoms with Crippen molar-refractivity contribution in [3.8, 4) is 0 Å². The molecule has 0 unspecified atom stereocenters. The maximum Gasteiger partial charge on any atom is 0.276 e. The fourth-order valence-corrected chi connectivity index (χ4v) is 4.37.